The molecule has 0 aliphatic heterocycles. The molecule has 0 heterocycles. The highest BCUT2D eigenvalue weighted by Gasteiger charge is 2.17. The number of nitrogens with one attached hydrogen (secondary N) is 1. The van der Waals surface area contributed by atoms with E-state index in [1.54, 1.807) is 6.92 Å². The van der Waals surface area contributed by atoms with E-state index in [-0.39, 0.29) is 11.9 Å². The van der Waals surface area contributed by atoms with E-state index in [1.165, 1.54) is 5.56 Å². The molecule has 0 saturated carbocycles. The van der Waals surface area contributed by atoms with Gasteiger partial charge in [0.1, 0.15) is 18.1 Å². The summed E-state index contributed by atoms with van der Waals surface area (Å²) in [6, 6.07) is 15.4. The number of hydrogen-bond acceptors (Lipinski definition) is 3. The Hall–Kier alpha value is -2.49. The lowest BCUT2D eigenvalue weighted by Crippen LogP contribution is -2.43. The number of ether oxygens (including phenoxy) is 2. The second-order valence-corrected chi connectivity index (χ2v) is 6.06. The van der Waals surface area contributed by atoms with Gasteiger partial charge >= 0.3 is 0 Å². The van der Waals surface area contributed by atoms with Gasteiger partial charge in [-0.05, 0) is 51.5 Å². The van der Waals surface area contributed by atoms with Crippen molar-refractivity contribution in [3.8, 4) is 11.5 Å². The minimum Gasteiger partial charge on any atom is -0.491 e. The largest absolute Gasteiger partial charge is 0.491 e. The van der Waals surface area contributed by atoms with E-state index in [0.717, 1.165) is 17.1 Å². The summed E-state index contributed by atoms with van der Waals surface area (Å²) in [6.07, 6.45) is -0.562. The molecule has 4 heteroatoms. The molecule has 2 rings (SSSR count). The smallest absolute Gasteiger partial charge is 0.261 e. The fourth-order valence-corrected chi connectivity index (χ4v) is 2.19. The third kappa shape index (κ3) is 5.30. The van der Waals surface area contributed by atoms with Crippen molar-refractivity contribution < 1.29 is 14.3 Å². The number of para-hydroxylation sites is 1. The molecule has 0 aromatic heterocycles. The molecule has 0 fully saturated rings. The number of carbonyl (C=O) groups excluding carboxylic acids is 1. The van der Waals surface area contributed by atoms with Crippen LogP contribution in [0.15, 0.2) is 48.5 Å². The van der Waals surface area contributed by atoms with Crippen LogP contribution in [0.1, 0.15) is 25.0 Å². The van der Waals surface area contributed by atoms with Crippen LogP contribution < -0.4 is 14.8 Å². The van der Waals surface area contributed by atoms with E-state index in [2.05, 4.69) is 5.32 Å². The van der Waals surface area contributed by atoms with Crippen molar-refractivity contribution in [2.75, 3.05) is 6.61 Å². The molecular formula is C20H25NO3. The zero-order chi connectivity index (χ0) is 17.5. The number of carbonyl (C=O) groups is 1. The number of amides is 1. The average molecular weight is 327 g/mol. The zero-order valence-corrected chi connectivity index (χ0v) is 14.7. The maximum atomic E-state index is 12.2. The van der Waals surface area contributed by atoms with E-state index >= 15 is 0 Å². The highest BCUT2D eigenvalue weighted by atomic mass is 16.5. The van der Waals surface area contributed by atoms with Crippen molar-refractivity contribution in [3.05, 3.63) is 59.7 Å². The minimum absolute atomic E-state index is 0.110. The third-order valence-electron chi connectivity index (χ3n) is 3.68. The molecule has 0 saturated heterocycles. The Bertz CT molecular complexity index is 667. The van der Waals surface area contributed by atoms with Crippen LogP contribution in [0.4, 0.5) is 0 Å². The first-order valence-electron chi connectivity index (χ1n) is 8.18. The first kappa shape index (κ1) is 17.9. The maximum absolute atomic E-state index is 12.2. The molecule has 2 aromatic rings. The van der Waals surface area contributed by atoms with Crippen molar-refractivity contribution >= 4 is 5.91 Å². The first-order valence-corrected chi connectivity index (χ1v) is 8.18. The first-order chi connectivity index (χ1) is 11.5. The van der Waals surface area contributed by atoms with E-state index in [0.29, 0.717) is 6.61 Å². The molecule has 4 nitrogen and oxygen atoms in total. The summed E-state index contributed by atoms with van der Waals surface area (Å²) >= 11 is 0. The van der Waals surface area contributed by atoms with Gasteiger partial charge in [-0.1, -0.05) is 35.9 Å². The molecule has 24 heavy (non-hydrogen) atoms. The third-order valence-corrected chi connectivity index (χ3v) is 3.68. The summed E-state index contributed by atoms with van der Waals surface area (Å²) < 4.78 is 11.4. The van der Waals surface area contributed by atoms with Gasteiger partial charge in [-0.25, -0.2) is 0 Å². The van der Waals surface area contributed by atoms with Crippen molar-refractivity contribution in [2.24, 2.45) is 0 Å². The van der Waals surface area contributed by atoms with Gasteiger partial charge in [0, 0.05) is 0 Å². The lowest BCUT2D eigenvalue weighted by molar-refractivity contribution is -0.128. The van der Waals surface area contributed by atoms with Crippen molar-refractivity contribution in [3.63, 3.8) is 0 Å². The summed E-state index contributed by atoms with van der Waals surface area (Å²) in [6.45, 7) is 8.05. The minimum atomic E-state index is -0.562. The quantitative estimate of drug-likeness (QED) is 0.844. The van der Waals surface area contributed by atoms with Crippen LogP contribution in [0.5, 0.6) is 11.5 Å². The van der Waals surface area contributed by atoms with E-state index in [9.17, 15) is 4.79 Å². The number of benzene rings is 2. The molecule has 1 N–H and O–H groups in total. The lowest BCUT2D eigenvalue weighted by atomic mass is 10.2. The molecule has 0 aliphatic carbocycles. The Kier molecular flexibility index (Phi) is 6.24. The highest BCUT2D eigenvalue weighted by molar-refractivity contribution is 5.81. The van der Waals surface area contributed by atoms with Gasteiger partial charge < -0.3 is 14.8 Å². The second kappa shape index (κ2) is 8.39. The molecule has 128 valence electrons. The fraction of sp³-hybridized carbons (Fsp3) is 0.350. The standard InChI is InChI=1S/C20H25NO3/c1-14-9-11-18(12-10-14)23-13-16(3)21-20(22)17(4)24-19-8-6-5-7-15(19)2/h5-12,16-17H,13H2,1-4H3,(H,21,22)/t16-,17-/m0/s1. The van der Waals surface area contributed by atoms with Crippen LogP contribution >= 0.6 is 0 Å². The number of hydrogen-bond donors (Lipinski definition) is 1. The molecule has 0 unspecified atom stereocenters. The van der Waals surface area contributed by atoms with E-state index in [1.807, 2.05) is 69.3 Å². The van der Waals surface area contributed by atoms with Crippen LogP contribution in [-0.2, 0) is 4.79 Å². The van der Waals surface area contributed by atoms with Gasteiger partial charge in [0.05, 0.1) is 6.04 Å². The van der Waals surface area contributed by atoms with Gasteiger partial charge in [0.2, 0.25) is 0 Å². The Labute approximate surface area is 143 Å². The van der Waals surface area contributed by atoms with Crippen LogP contribution in [0, 0.1) is 13.8 Å². The molecule has 2 atom stereocenters. The van der Waals surface area contributed by atoms with Crippen LogP contribution in [0.25, 0.3) is 0 Å². The zero-order valence-electron chi connectivity index (χ0n) is 14.7. The van der Waals surface area contributed by atoms with E-state index < -0.39 is 6.10 Å². The number of aryl methyl sites for hydroxylation is 2. The van der Waals surface area contributed by atoms with E-state index in [4.69, 9.17) is 9.47 Å². The van der Waals surface area contributed by atoms with Crippen molar-refractivity contribution in [1.82, 2.24) is 5.32 Å². The number of rotatable bonds is 7. The Morgan fingerprint density at radius 1 is 1.04 bits per heavy atom. The summed E-state index contributed by atoms with van der Waals surface area (Å²) in [7, 11) is 0. The fourth-order valence-electron chi connectivity index (χ4n) is 2.19. The maximum Gasteiger partial charge on any atom is 0.261 e. The predicted molar refractivity (Wildman–Crippen MR) is 95.5 cm³/mol. The Morgan fingerprint density at radius 2 is 1.71 bits per heavy atom. The topological polar surface area (TPSA) is 47.6 Å². The Morgan fingerprint density at radius 3 is 2.38 bits per heavy atom. The van der Waals surface area contributed by atoms with Crippen LogP contribution in [0.3, 0.4) is 0 Å². The normalized spacial score (nSPS) is 13.0. The van der Waals surface area contributed by atoms with Crippen molar-refractivity contribution in [1.29, 1.82) is 0 Å². The summed E-state index contributed by atoms with van der Waals surface area (Å²) in [5.41, 5.74) is 2.19. The van der Waals surface area contributed by atoms with Gasteiger partial charge in [0.25, 0.3) is 5.91 Å². The van der Waals surface area contributed by atoms with Gasteiger partial charge in [-0.15, -0.1) is 0 Å². The highest BCUT2D eigenvalue weighted by Crippen LogP contribution is 2.18. The second-order valence-electron chi connectivity index (χ2n) is 6.06. The Balaban J connectivity index is 1.80. The molecular weight excluding hydrogens is 302 g/mol. The molecule has 2 aromatic carbocycles. The molecule has 1 amide bonds. The van der Waals surface area contributed by atoms with Crippen LogP contribution in [-0.4, -0.2) is 24.7 Å². The van der Waals surface area contributed by atoms with Crippen LogP contribution in [0.2, 0.25) is 0 Å². The summed E-state index contributed by atoms with van der Waals surface area (Å²) in [5, 5.41) is 2.91. The average Bonchev–Trinajstić information content (AvgIpc) is 2.56. The monoisotopic (exact) mass is 327 g/mol. The lowest BCUT2D eigenvalue weighted by Gasteiger charge is -2.20. The summed E-state index contributed by atoms with van der Waals surface area (Å²) in [5.74, 6) is 1.37. The van der Waals surface area contributed by atoms with Gasteiger partial charge in [-0.3, -0.25) is 4.79 Å². The van der Waals surface area contributed by atoms with Gasteiger partial charge in [-0.2, -0.15) is 0 Å². The van der Waals surface area contributed by atoms with Crippen molar-refractivity contribution in [2.45, 2.75) is 39.8 Å². The molecule has 0 radical (unpaired) electrons. The molecule has 0 aliphatic rings. The van der Waals surface area contributed by atoms with Gasteiger partial charge in [0.15, 0.2) is 6.10 Å². The predicted octanol–water partition coefficient (Wildman–Crippen LogP) is 3.65. The SMILES string of the molecule is Cc1ccc(OC[C@H](C)NC(=O)[C@H](C)Oc2ccccc2C)cc1. The summed E-state index contributed by atoms with van der Waals surface area (Å²) in [4.78, 5) is 12.2. The molecule has 0 bridgehead atoms. The molecule has 0 spiro atoms.